The molecule has 0 atom stereocenters. The van der Waals surface area contributed by atoms with Crippen LogP contribution in [0.4, 0.5) is 23.3 Å². The summed E-state index contributed by atoms with van der Waals surface area (Å²) in [6.45, 7) is 0. The summed E-state index contributed by atoms with van der Waals surface area (Å²) in [7, 11) is 10.7. The van der Waals surface area contributed by atoms with Crippen LogP contribution in [-0.2, 0) is 41.0 Å². The molecule has 2 heterocycles. The first kappa shape index (κ1) is 32.7. The Morgan fingerprint density at radius 1 is 0.659 bits per heavy atom. The molecular weight excluding hydrogens is 520 g/mol. The van der Waals surface area contributed by atoms with Crippen LogP contribution in [0.15, 0.2) is 69.5 Å². The van der Waals surface area contributed by atoms with E-state index in [2.05, 4.69) is 42.8 Å². The average molecular weight is 563 g/mol. The molecule has 0 bridgehead atoms. The molecule has 0 saturated heterocycles. The zero-order valence-corrected chi connectivity index (χ0v) is 25.4. The third-order valence-electron chi connectivity index (χ3n) is 6.42. The number of hydrogen-bond donors (Lipinski definition) is 0. The SMILES string of the molecule is COc1cc(CCCCCc2ccc(N=Nc3n(C)nc[n+]3C)c(OC)c2)ccc1N=Nc1n(C)nc[n+]1C.[CH3-].[CH3-]. The highest BCUT2D eigenvalue weighted by atomic mass is 16.5. The van der Waals surface area contributed by atoms with Gasteiger partial charge in [0.05, 0.1) is 42.4 Å². The molecule has 0 fully saturated rings. The maximum Gasteiger partial charge on any atom is 0.403 e. The number of ether oxygens (including phenoxy) is 2. The minimum Gasteiger partial charge on any atom is -0.494 e. The van der Waals surface area contributed by atoms with Crippen molar-refractivity contribution in [2.45, 2.75) is 32.1 Å². The lowest BCUT2D eigenvalue weighted by Gasteiger charge is -2.08. The summed E-state index contributed by atoms with van der Waals surface area (Å²) >= 11 is 0. The lowest BCUT2D eigenvalue weighted by molar-refractivity contribution is -0.659. The van der Waals surface area contributed by atoms with E-state index >= 15 is 0 Å². The highest BCUT2D eigenvalue weighted by Crippen LogP contribution is 2.31. The van der Waals surface area contributed by atoms with E-state index in [0.717, 1.165) is 32.1 Å². The van der Waals surface area contributed by atoms with E-state index in [1.807, 2.05) is 61.6 Å². The smallest absolute Gasteiger partial charge is 0.403 e. The Hall–Kier alpha value is -4.48. The second kappa shape index (κ2) is 15.3. The van der Waals surface area contributed by atoms with Crippen molar-refractivity contribution in [2.75, 3.05) is 14.2 Å². The Labute approximate surface area is 243 Å². The molecule has 0 spiro atoms. The zero-order valence-electron chi connectivity index (χ0n) is 25.4. The summed E-state index contributed by atoms with van der Waals surface area (Å²) in [5, 5.41) is 25.7. The van der Waals surface area contributed by atoms with E-state index in [1.54, 1.807) is 36.2 Å². The van der Waals surface area contributed by atoms with Crippen molar-refractivity contribution in [1.82, 2.24) is 19.6 Å². The van der Waals surface area contributed by atoms with Crippen molar-refractivity contribution in [3.05, 3.63) is 75.0 Å². The van der Waals surface area contributed by atoms with Crippen LogP contribution in [0.2, 0.25) is 0 Å². The summed E-state index contributed by atoms with van der Waals surface area (Å²) < 4.78 is 18.1. The van der Waals surface area contributed by atoms with Gasteiger partial charge in [-0.2, -0.15) is 0 Å². The monoisotopic (exact) mass is 562 g/mol. The molecule has 4 rings (SSSR count). The molecule has 0 amide bonds. The van der Waals surface area contributed by atoms with Crippen molar-refractivity contribution in [1.29, 1.82) is 0 Å². The van der Waals surface area contributed by atoms with Crippen molar-refractivity contribution >= 4 is 23.3 Å². The van der Waals surface area contributed by atoms with Crippen LogP contribution in [0, 0.1) is 14.9 Å². The number of unbranched alkanes of at least 4 members (excludes halogenated alkanes) is 2. The molecule has 0 unspecified atom stereocenters. The van der Waals surface area contributed by atoms with Gasteiger partial charge < -0.3 is 24.3 Å². The molecule has 0 aliphatic carbocycles. The number of nitrogens with zero attached hydrogens (tertiary/aromatic N) is 10. The normalized spacial score (nSPS) is 11.1. The fourth-order valence-corrected chi connectivity index (χ4v) is 4.20. The molecule has 0 aliphatic heterocycles. The van der Waals surface area contributed by atoms with Crippen molar-refractivity contribution in [3.63, 3.8) is 0 Å². The Bertz CT molecular complexity index is 1320. The van der Waals surface area contributed by atoms with Crippen LogP contribution in [0.1, 0.15) is 30.4 Å². The molecule has 4 aromatic rings. The van der Waals surface area contributed by atoms with Crippen LogP contribution >= 0.6 is 0 Å². The number of hydrogen-bond acceptors (Lipinski definition) is 8. The molecule has 0 N–H and O–H groups in total. The topological polar surface area (TPSA) is 111 Å². The van der Waals surface area contributed by atoms with Crippen molar-refractivity contribution in [3.8, 4) is 11.5 Å². The fraction of sp³-hybridized carbons (Fsp3) is 0.379. The minimum atomic E-state index is 0. The maximum absolute atomic E-state index is 5.57. The predicted octanol–water partition coefficient (Wildman–Crippen LogP) is 5.51. The summed E-state index contributed by atoms with van der Waals surface area (Å²) in [5.74, 6) is 2.72. The summed E-state index contributed by atoms with van der Waals surface area (Å²) in [4.78, 5) is 0. The number of benzene rings is 2. The second-order valence-corrected chi connectivity index (χ2v) is 9.30. The molecule has 2 aromatic heterocycles. The molecule has 0 aliphatic rings. The highest BCUT2D eigenvalue weighted by molar-refractivity contribution is 5.54. The van der Waals surface area contributed by atoms with Crippen molar-refractivity contribution < 1.29 is 18.6 Å². The molecular formula is C29H42N10O2. The molecule has 12 heteroatoms. The largest absolute Gasteiger partial charge is 0.494 e. The van der Waals surface area contributed by atoms with Gasteiger partial charge in [-0.3, -0.25) is 0 Å². The minimum absolute atomic E-state index is 0. The highest BCUT2D eigenvalue weighted by Gasteiger charge is 2.14. The van der Waals surface area contributed by atoms with Gasteiger partial charge in [-0.1, -0.05) is 28.8 Å². The van der Waals surface area contributed by atoms with Crippen LogP contribution in [0.25, 0.3) is 0 Å². The van der Waals surface area contributed by atoms with E-state index in [1.165, 1.54) is 11.1 Å². The Morgan fingerprint density at radius 3 is 1.41 bits per heavy atom. The first-order valence-corrected chi connectivity index (χ1v) is 12.8. The van der Waals surface area contributed by atoms with Gasteiger partial charge in [0.1, 0.15) is 22.9 Å². The second-order valence-electron chi connectivity index (χ2n) is 9.30. The van der Waals surface area contributed by atoms with Gasteiger partial charge in [0.25, 0.3) is 0 Å². The molecule has 41 heavy (non-hydrogen) atoms. The third-order valence-corrected chi connectivity index (χ3v) is 6.42. The quantitative estimate of drug-likeness (QED) is 0.0981. The van der Waals surface area contributed by atoms with Gasteiger partial charge in [0, 0.05) is 10.2 Å². The Kier molecular flexibility index (Phi) is 12.2. The van der Waals surface area contributed by atoms with E-state index in [9.17, 15) is 0 Å². The molecule has 0 radical (unpaired) electrons. The lowest BCUT2D eigenvalue weighted by Crippen LogP contribution is -2.25. The number of azo groups is 2. The van der Waals surface area contributed by atoms with Gasteiger partial charge in [-0.15, -0.1) is 9.36 Å². The standard InChI is InChI=1S/C27H36N10O2.2CH3/c1-34-18-28-36(3)26(34)32-30-22-14-12-20(16-24(22)38-5)10-8-7-9-11-21-13-15-23(25(17-21)39-6)31-33-27-35(2)19-29-37(27)4;;/h12-19H,7-11H2,1-6H3;2*1H3/q+2;2*-1. The van der Waals surface area contributed by atoms with Gasteiger partial charge in [0.2, 0.25) is 12.7 Å². The number of aromatic nitrogens is 6. The van der Waals surface area contributed by atoms with E-state index < -0.39 is 0 Å². The van der Waals surface area contributed by atoms with E-state index in [4.69, 9.17) is 9.47 Å². The summed E-state index contributed by atoms with van der Waals surface area (Å²) in [6.07, 6.45) is 8.60. The number of rotatable bonds is 12. The van der Waals surface area contributed by atoms with Gasteiger partial charge in [0.15, 0.2) is 0 Å². The molecule has 220 valence electrons. The molecule has 0 saturated carbocycles. The van der Waals surface area contributed by atoms with Crippen LogP contribution in [0.3, 0.4) is 0 Å². The maximum atomic E-state index is 5.57. The Morgan fingerprint density at radius 2 is 1.07 bits per heavy atom. The zero-order chi connectivity index (χ0) is 27.8. The number of aryl methyl sites for hydroxylation is 6. The van der Waals surface area contributed by atoms with Crippen molar-refractivity contribution in [2.24, 2.45) is 48.6 Å². The van der Waals surface area contributed by atoms with Gasteiger partial charge in [-0.05, 0) is 71.3 Å². The van der Waals surface area contributed by atoms with Gasteiger partial charge in [-0.25, -0.2) is 9.13 Å². The Balaban J connectivity index is 0.00000294. The summed E-state index contributed by atoms with van der Waals surface area (Å²) in [5.41, 5.74) is 3.81. The molecule has 12 nitrogen and oxygen atoms in total. The van der Waals surface area contributed by atoms with E-state index in [-0.39, 0.29) is 14.9 Å². The summed E-state index contributed by atoms with van der Waals surface area (Å²) in [6, 6.07) is 12.2. The fourth-order valence-electron chi connectivity index (χ4n) is 4.20. The first-order valence-electron chi connectivity index (χ1n) is 12.8. The van der Waals surface area contributed by atoms with Gasteiger partial charge >= 0.3 is 11.9 Å². The number of methoxy groups -OCH3 is 2. The predicted molar refractivity (Wildman–Crippen MR) is 157 cm³/mol. The lowest BCUT2D eigenvalue weighted by atomic mass is 10.0. The molecule has 2 aromatic carbocycles. The van der Waals surface area contributed by atoms with E-state index in [0.29, 0.717) is 34.8 Å². The van der Waals surface area contributed by atoms with Crippen LogP contribution in [-0.4, -0.2) is 33.8 Å². The third kappa shape index (κ3) is 8.26. The average Bonchev–Trinajstić information content (AvgIpc) is 3.44. The van der Waals surface area contributed by atoms with Crippen LogP contribution in [0.5, 0.6) is 11.5 Å². The first-order chi connectivity index (χ1) is 18.9. The van der Waals surface area contributed by atoms with Crippen LogP contribution < -0.4 is 18.6 Å².